The van der Waals surface area contributed by atoms with Crippen molar-refractivity contribution in [2.24, 2.45) is 0 Å². The van der Waals surface area contributed by atoms with E-state index >= 15 is 0 Å². The van der Waals surface area contributed by atoms with Crippen molar-refractivity contribution in [3.63, 3.8) is 0 Å². The number of nitrogens with one attached hydrogen (secondary N) is 2. The van der Waals surface area contributed by atoms with Gasteiger partial charge in [-0.15, -0.1) is 10.2 Å². The third-order valence-electron chi connectivity index (χ3n) is 3.71. The Morgan fingerprint density at radius 2 is 2.11 bits per heavy atom. The Morgan fingerprint density at radius 3 is 2.82 bits per heavy atom. The summed E-state index contributed by atoms with van der Waals surface area (Å²) in [6.07, 6.45) is 1.48. The van der Waals surface area contributed by atoms with Crippen LogP contribution in [0.4, 0.5) is 5.13 Å². The van der Waals surface area contributed by atoms with Gasteiger partial charge in [0.15, 0.2) is 14.7 Å². The maximum Gasteiger partial charge on any atom is 0.262 e. The second-order valence-corrected chi connectivity index (χ2v) is 9.19. The van der Waals surface area contributed by atoms with Crippen molar-refractivity contribution >= 4 is 61.1 Å². The van der Waals surface area contributed by atoms with E-state index in [9.17, 15) is 9.59 Å². The lowest BCUT2D eigenvalue weighted by Gasteiger charge is -2.09. The quantitative estimate of drug-likeness (QED) is 0.335. The van der Waals surface area contributed by atoms with Crippen LogP contribution < -0.4 is 10.9 Å². The molecule has 0 aliphatic heterocycles. The molecule has 1 unspecified atom stereocenters. The van der Waals surface area contributed by atoms with Crippen molar-refractivity contribution in [1.29, 1.82) is 0 Å². The van der Waals surface area contributed by atoms with Gasteiger partial charge in [-0.05, 0) is 35.0 Å². The van der Waals surface area contributed by atoms with E-state index in [-0.39, 0.29) is 11.5 Å². The molecule has 1 atom stereocenters. The standard InChI is InChI=1S/C16H12BrN7O2S2/c1-8(12(25)20-16-23-22-14(17)28-16)27-15-19-11-10(13(26)21-15)7-18-24(11)9-5-3-2-4-6-9/h2-8H,1H3,(H,19,21,26)(H,20,23,25). The molecule has 4 aromatic rings. The molecule has 4 rings (SSSR count). The topological polar surface area (TPSA) is 118 Å². The molecule has 3 aromatic heterocycles. The average molecular weight is 478 g/mol. The second-order valence-electron chi connectivity index (χ2n) is 5.61. The monoisotopic (exact) mass is 477 g/mol. The van der Waals surface area contributed by atoms with Gasteiger partial charge in [0.25, 0.3) is 5.56 Å². The van der Waals surface area contributed by atoms with Crippen molar-refractivity contribution in [1.82, 2.24) is 29.9 Å². The van der Waals surface area contributed by atoms with E-state index in [1.54, 1.807) is 11.6 Å². The molecule has 0 fully saturated rings. The summed E-state index contributed by atoms with van der Waals surface area (Å²) in [7, 11) is 0. The van der Waals surface area contributed by atoms with E-state index in [1.807, 2.05) is 30.3 Å². The van der Waals surface area contributed by atoms with Crippen LogP contribution in [0.3, 0.4) is 0 Å². The Balaban J connectivity index is 1.60. The molecule has 0 saturated carbocycles. The zero-order valence-corrected chi connectivity index (χ0v) is 17.5. The maximum absolute atomic E-state index is 12.4. The number of hydrogen-bond acceptors (Lipinski definition) is 8. The summed E-state index contributed by atoms with van der Waals surface area (Å²) in [5.74, 6) is -0.270. The van der Waals surface area contributed by atoms with Crippen LogP contribution in [-0.2, 0) is 4.79 Å². The molecule has 9 nitrogen and oxygen atoms in total. The summed E-state index contributed by atoms with van der Waals surface area (Å²) in [4.78, 5) is 32.0. The van der Waals surface area contributed by atoms with Gasteiger partial charge in [0.2, 0.25) is 11.0 Å². The summed E-state index contributed by atoms with van der Waals surface area (Å²) < 4.78 is 2.17. The van der Waals surface area contributed by atoms with Gasteiger partial charge in [-0.2, -0.15) is 5.10 Å². The molecule has 0 spiro atoms. The molecule has 3 heterocycles. The first-order chi connectivity index (χ1) is 13.5. The fourth-order valence-electron chi connectivity index (χ4n) is 2.40. The van der Waals surface area contributed by atoms with Crippen LogP contribution in [-0.4, -0.2) is 41.1 Å². The molecule has 28 heavy (non-hydrogen) atoms. The SMILES string of the molecule is CC(Sc1nc2c(cnn2-c2ccccc2)c(=O)[nH]1)C(=O)Nc1nnc(Br)s1. The number of aromatic amines is 1. The smallest absolute Gasteiger partial charge is 0.262 e. The Labute approximate surface area is 174 Å². The fraction of sp³-hybridized carbons (Fsp3) is 0.125. The minimum absolute atomic E-state index is 0.270. The number of aromatic nitrogens is 6. The molecule has 142 valence electrons. The van der Waals surface area contributed by atoms with E-state index in [4.69, 9.17) is 0 Å². The Morgan fingerprint density at radius 1 is 1.32 bits per heavy atom. The highest BCUT2D eigenvalue weighted by atomic mass is 79.9. The van der Waals surface area contributed by atoms with Gasteiger partial charge in [-0.25, -0.2) is 9.67 Å². The van der Waals surface area contributed by atoms with Crippen molar-refractivity contribution in [3.05, 3.63) is 50.8 Å². The minimum atomic E-state index is -0.517. The fourth-order valence-corrected chi connectivity index (χ4v) is 4.20. The molecular formula is C16H12BrN7O2S2. The molecule has 0 bridgehead atoms. The number of carbonyl (C=O) groups excluding carboxylic acids is 1. The summed E-state index contributed by atoms with van der Waals surface area (Å²) in [6.45, 7) is 1.72. The normalized spacial score (nSPS) is 12.2. The molecule has 1 amide bonds. The van der Waals surface area contributed by atoms with Crippen LogP contribution in [0.2, 0.25) is 0 Å². The van der Waals surface area contributed by atoms with Crippen molar-refractivity contribution in [2.45, 2.75) is 17.3 Å². The first kappa shape index (κ1) is 18.8. The lowest BCUT2D eigenvalue weighted by molar-refractivity contribution is -0.115. The van der Waals surface area contributed by atoms with Gasteiger partial charge in [-0.3, -0.25) is 14.9 Å². The van der Waals surface area contributed by atoms with E-state index in [1.165, 1.54) is 17.5 Å². The number of benzene rings is 1. The summed E-state index contributed by atoms with van der Waals surface area (Å²) in [6, 6.07) is 9.40. The van der Waals surface area contributed by atoms with Crippen LogP contribution in [0.25, 0.3) is 16.7 Å². The van der Waals surface area contributed by atoms with Crippen LogP contribution in [0.1, 0.15) is 6.92 Å². The lowest BCUT2D eigenvalue weighted by atomic mass is 10.3. The van der Waals surface area contributed by atoms with Crippen LogP contribution in [0.15, 0.2) is 50.4 Å². The number of fused-ring (bicyclic) bond motifs is 1. The second kappa shape index (κ2) is 7.81. The molecule has 2 N–H and O–H groups in total. The van der Waals surface area contributed by atoms with Crippen LogP contribution in [0, 0.1) is 0 Å². The number of thioether (sulfide) groups is 1. The van der Waals surface area contributed by atoms with Gasteiger partial charge < -0.3 is 4.98 Å². The zero-order valence-electron chi connectivity index (χ0n) is 14.3. The van der Waals surface area contributed by atoms with E-state index < -0.39 is 5.25 Å². The van der Waals surface area contributed by atoms with Gasteiger partial charge in [-0.1, -0.05) is 41.3 Å². The van der Waals surface area contributed by atoms with Crippen LogP contribution in [0.5, 0.6) is 0 Å². The largest absolute Gasteiger partial charge is 0.301 e. The van der Waals surface area contributed by atoms with Gasteiger partial charge in [0.05, 0.1) is 17.1 Å². The van der Waals surface area contributed by atoms with E-state index in [2.05, 4.69) is 46.5 Å². The molecule has 12 heteroatoms. The Kier molecular flexibility index (Phi) is 5.24. The third-order valence-corrected chi connectivity index (χ3v) is 5.96. The number of halogens is 1. The molecule has 0 aliphatic rings. The highest BCUT2D eigenvalue weighted by molar-refractivity contribution is 9.11. The third kappa shape index (κ3) is 3.84. The van der Waals surface area contributed by atoms with E-state index in [0.29, 0.717) is 25.2 Å². The maximum atomic E-state index is 12.4. The van der Waals surface area contributed by atoms with Crippen LogP contribution >= 0.6 is 39.0 Å². The van der Waals surface area contributed by atoms with Gasteiger partial charge in [0.1, 0.15) is 5.39 Å². The Hall–Kier alpha value is -2.57. The number of H-pyrrole nitrogens is 1. The van der Waals surface area contributed by atoms with E-state index in [0.717, 1.165) is 17.4 Å². The van der Waals surface area contributed by atoms with Crippen molar-refractivity contribution < 1.29 is 4.79 Å². The zero-order chi connectivity index (χ0) is 19.7. The molecule has 0 radical (unpaired) electrons. The number of para-hydroxylation sites is 1. The summed E-state index contributed by atoms with van der Waals surface area (Å²) in [5.41, 5.74) is 0.910. The number of hydrogen-bond donors (Lipinski definition) is 2. The Bertz CT molecular complexity index is 1200. The first-order valence-corrected chi connectivity index (χ1v) is 10.5. The highest BCUT2D eigenvalue weighted by Gasteiger charge is 2.19. The van der Waals surface area contributed by atoms with Gasteiger partial charge >= 0.3 is 0 Å². The minimum Gasteiger partial charge on any atom is -0.301 e. The predicted octanol–water partition coefficient (Wildman–Crippen LogP) is 2.84. The summed E-state index contributed by atoms with van der Waals surface area (Å²) in [5, 5.41) is 15.2. The summed E-state index contributed by atoms with van der Waals surface area (Å²) >= 11 is 5.55. The molecule has 1 aromatic carbocycles. The molecule has 0 saturated heterocycles. The molecule has 0 aliphatic carbocycles. The van der Waals surface area contributed by atoms with Crippen molar-refractivity contribution in [3.8, 4) is 5.69 Å². The highest BCUT2D eigenvalue weighted by Crippen LogP contribution is 2.24. The lowest BCUT2D eigenvalue weighted by Crippen LogP contribution is -2.23. The predicted molar refractivity (Wildman–Crippen MR) is 111 cm³/mol. The first-order valence-electron chi connectivity index (χ1n) is 8.01. The van der Waals surface area contributed by atoms with Gasteiger partial charge in [0, 0.05) is 0 Å². The molecular weight excluding hydrogens is 466 g/mol. The average Bonchev–Trinajstić information content (AvgIpc) is 3.28. The number of nitrogens with zero attached hydrogens (tertiary/aromatic N) is 5. The number of amides is 1. The number of carbonyl (C=O) groups is 1. The van der Waals surface area contributed by atoms with Crippen molar-refractivity contribution in [2.75, 3.05) is 5.32 Å². The number of anilines is 1. The number of rotatable bonds is 5.